The topological polar surface area (TPSA) is 81.5 Å². The van der Waals surface area contributed by atoms with Gasteiger partial charge in [0, 0.05) is 25.4 Å². The lowest BCUT2D eigenvalue weighted by molar-refractivity contribution is -0.145. The van der Waals surface area contributed by atoms with Gasteiger partial charge in [-0.2, -0.15) is 5.10 Å². The van der Waals surface area contributed by atoms with Crippen molar-refractivity contribution in [2.24, 2.45) is 5.92 Å². The summed E-state index contributed by atoms with van der Waals surface area (Å²) in [5, 5.41) is 4.05. The van der Waals surface area contributed by atoms with Crippen molar-refractivity contribution in [3.8, 4) is 5.69 Å². The molecular formula is C18H20FN3O4. The predicted molar refractivity (Wildman–Crippen MR) is 92.7 cm³/mol. The molecule has 26 heavy (non-hydrogen) atoms. The van der Waals surface area contributed by atoms with E-state index < -0.39 is 29.0 Å². The van der Waals surface area contributed by atoms with Crippen LogP contribution in [-0.4, -0.2) is 47.3 Å². The molecule has 1 unspecified atom stereocenters. The minimum Gasteiger partial charge on any atom is -0.469 e. The third-order valence-corrected chi connectivity index (χ3v) is 3.89. The van der Waals surface area contributed by atoms with Crippen molar-refractivity contribution < 1.29 is 18.7 Å². The number of ether oxygens (including phenoxy) is 1. The molecule has 7 nitrogen and oxygen atoms in total. The van der Waals surface area contributed by atoms with Crippen molar-refractivity contribution in [3.05, 3.63) is 57.8 Å². The van der Waals surface area contributed by atoms with Gasteiger partial charge in [0.25, 0.3) is 5.91 Å². The highest BCUT2D eigenvalue weighted by atomic mass is 19.1. The van der Waals surface area contributed by atoms with Gasteiger partial charge in [-0.05, 0) is 19.1 Å². The molecule has 0 radical (unpaired) electrons. The average molecular weight is 361 g/mol. The molecule has 0 aliphatic carbocycles. The Hall–Kier alpha value is -3.03. The van der Waals surface area contributed by atoms with E-state index in [1.807, 2.05) is 0 Å². The number of aromatic nitrogens is 2. The Morgan fingerprint density at radius 3 is 2.62 bits per heavy atom. The van der Waals surface area contributed by atoms with Crippen LogP contribution in [0.5, 0.6) is 0 Å². The van der Waals surface area contributed by atoms with E-state index in [-0.39, 0.29) is 17.9 Å². The summed E-state index contributed by atoms with van der Waals surface area (Å²) in [7, 11) is 2.71. The summed E-state index contributed by atoms with van der Waals surface area (Å²) in [6.07, 6.45) is 0. The quantitative estimate of drug-likeness (QED) is 0.755. The van der Waals surface area contributed by atoms with Crippen molar-refractivity contribution in [2.75, 3.05) is 20.7 Å². The van der Waals surface area contributed by atoms with Crippen molar-refractivity contribution in [3.63, 3.8) is 0 Å². The molecule has 1 atom stereocenters. The Kier molecular flexibility index (Phi) is 5.86. The zero-order chi connectivity index (χ0) is 19.4. The molecular weight excluding hydrogens is 341 g/mol. The maximum Gasteiger partial charge on any atom is 0.310 e. The third-order valence-electron chi connectivity index (χ3n) is 3.89. The van der Waals surface area contributed by atoms with Crippen molar-refractivity contribution in [2.45, 2.75) is 13.8 Å². The zero-order valence-corrected chi connectivity index (χ0v) is 15.0. The van der Waals surface area contributed by atoms with Gasteiger partial charge in [0.05, 0.1) is 13.0 Å². The second kappa shape index (κ2) is 7.90. The molecule has 2 aromatic rings. The molecule has 1 aromatic carbocycles. The monoisotopic (exact) mass is 361 g/mol. The van der Waals surface area contributed by atoms with Crippen LogP contribution in [0.25, 0.3) is 5.69 Å². The fraction of sp³-hybridized carbons (Fsp3) is 0.333. The molecule has 138 valence electrons. The van der Waals surface area contributed by atoms with Gasteiger partial charge >= 0.3 is 5.97 Å². The lowest BCUT2D eigenvalue weighted by atomic mass is 10.1. The molecule has 1 amide bonds. The van der Waals surface area contributed by atoms with E-state index in [9.17, 15) is 18.8 Å². The number of aryl methyl sites for hydroxylation is 1. The van der Waals surface area contributed by atoms with Crippen LogP contribution < -0.4 is 5.43 Å². The first-order chi connectivity index (χ1) is 12.3. The molecule has 1 aromatic heterocycles. The smallest absolute Gasteiger partial charge is 0.310 e. The number of halogens is 1. The van der Waals surface area contributed by atoms with Gasteiger partial charge in [0.2, 0.25) is 5.43 Å². The highest BCUT2D eigenvalue weighted by Crippen LogP contribution is 2.13. The number of benzene rings is 1. The Morgan fingerprint density at radius 1 is 1.35 bits per heavy atom. The van der Waals surface area contributed by atoms with Crippen LogP contribution in [0, 0.1) is 18.7 Å². The molecule has 0 saturated carbocycles. The lowest BCUT2D eigenvalue weighted by Gasteiger charge is -2.20. The van der Waals surface area contributed by atoms with Gasteiger partial charge < -0.3 is 9.64 Å². The molecule has 0 fully saturated rings. The van der Waals surface area contributed by atoms with E-state index in [0.29, 0.717) is 5.69 Å². The van der Waals surface area contributed by atoms with E-state index >= 15 is 0 Å². The third kappa shape index (κ3) is 3.96. The second-order valence-corrected chi connectivity index (χ2v) is 5.97. The van der Waals surface area contributed by atoms with Crippen molar-refractivity contribution in [1.82, 2.24) is 14.7 Å². The minimum absolute atomic E-state index is 0.0558. The van der Waals surface area contributed by atoms with E-state index in [0.717, 1.165) is 0 Å². The van der Waals surface area contributed by atoms with Crippen molar-refractivity contribution in [1.29, 1.82) is 0 Å². The number of carbonyl (C=O) groups is 2. The zero-order valence-electron chi connectivity index (χ0n) is 15.0. The predicted octanol–water partition coefficient (Wildman–Crippen LogP) is 1.56. The molecule has 1 heterocycles. The maximum atomic E-state index is 14.1. The van der Waals surface area contributed by atoms with Crippen LogP contribution in [-0.2, 0) is 9.53 Å². The van der Waals surface area contributed by atoms with Crippen LogP contribution in [0.15, 0.2) is 35.1 Å². The molecule has 0 aliphatic rings. The van der Waals surface area contributed by atoms with Crippen LogP contribution in [0.2, 0.25) is 0 Å². The summed E-state index contributed by atoms with van der Waals surface area (Å²) in [6, 6.07) is 7.15. The lowest BCUT2D eigenvalue weighted by Crippen LogP contribution is -2.38. The summed E-state index contributed by atoms with van der Waals surface area (Å²) >= 11 is 0. The standard InChI is InChI=1S/C18H20FN3O4/c1-11(18(25)26-4)10-21(3)17(24)16-15(23)9-12(2)22(20-16)14-8-6-5-7-13(14)19/h5-9,11H,10H2,1-4H3. The first-order valence-electron chi connectivity index (χ1n) is 7.95. The molecule has 0 aliphatic heterocycles. The molecule has 8 heteroatoms. The Morgan fingerprint density at radius 2 is 2.00 bits per heavy atom. The average Bonchev–Trinajstić information content (AvgIpc) is 2.61. The SMILES string of the molecule is COC(=O)C(C)CN(C)C(=O)c1nn(-c2ccccc2F)c(C)cc1=O. The summed E-state index contributed by atoms with van der Waals surface area (Å²) < 4.78 is 19.9. The normalized spacial score (nSPS) is 11.7. The number of nitrogens with zero attached hydrogens (tertiary/aromatic N) is 3. The van der Waals surface area contributed by atoms with Crippen molar-refractivity contribution >= 4 is 11.9 Å². The fourth-order valence-electron chi connectivity index (χ4n) is 2.51. The summed E-state index contributed by atoms with van der Waals surface area (Å²) in [5.41, 5.74) is -0.400. The van der Waals surface area contributed by atoms with Gasteiger partial charge in [-0.3, -0.25) is 14.4 Å². The number of hydrogen-bond donors (Lipinski definition) is 0. The molecule has 0 saturated heterocycles. The largest absolute Gasteiger partial charge is 0.469 e. The first kappa shape index (κ1) is 19.3. The fourth-order valence-corrected chi connectivity index (χ4v) is 2.51. The van der Waals surface area contributed by atoms with Gasteiger partial charge in [-0.25, -0.2) is 9.07 Å². The Balaban J connectivity index is 2.39. The van der Waals surface area contributed by atoms with Crippen LogP contribution in [0.4, 0.5) is 4.39 Å². The number of para-hydroxylation sites is 1. The summed E-state index contributed by atoms with van der Waals surface area (Å²) in [5.74, 6) is -2.22. The van der Waals surface area contributed by atoms with E-state index in [2.05, 4.69) is 9.84 Å². The Bertz CT molecular complexity index is 894. The highest BCUT2D eigenvalue weighted by molar-refractivity contribution is 5.92. The number of rotatable bonds is 5. The van der Waals surface area contributed by atoms with Crippen LogP contribution >= 0.6 is 0 Å². The summed E-state index contributed by atoms with van der Waals surface area (Å²) in [4.78, 5) is 37.5. The van der Waals surface area contributed by atoms with Crippen LogP contribution in [0.3, 0.4) is 0 Å². The highest BCUT2D eigenvalue weighted by Gasteiger charge is 2.23. The molecule has 2 rings (SSSR count). The number of hydrogen-bond acceptors (Lipinski definition) is 5. The maximum absolute atomic E-state index is 14.1. The van der Waals surface area contributed by atoms with E-state index in [4.69, 9.17) is 0 Å². The number of carbonyl (C=O) groups excluding carboxylic acids is 2. The molecule has 0 N–H and O–H groups in total. The van der Waals surface area contributed by atoms with E-state index in [1.54, 1.807) is 19.9 Å². The second-order valence-electron chi connectivity index (χ2n) is 5.97. The van der Waals surface area contributed by atoms with E-state index in [1.165, 1.54) is 48.0 Å². The molecule has 0 spiro atoms. The van der Waals surface area contributed by atoms with Gasteiger partial charge in [-0.1, -0.05) is 19.1 Å². The van der Waals surface area contributed by atoms with Gasteiger partial charge in [0.15, 0.2) is 5.69 Å². The molecule has 0 bridgehead atoms. The summed E-state index contributed by atoms with van der Waals surface area (Å²) in [6.45, 7) is 3.26. The number of amides is 1. The first-order valence-corrected chi connectivity index (χ1v) is 7.95. The number of methoxy groups -OCH3 is 1. The van der Waals surface area contributed by atoms with Gasteiger partial charge in [-0.15, -0.1) is 0 Å². The minimum atomic E-state index is -0.657. The van der Waals surface area contributed by atoms with Crippen LogP contribution in [0.1, 0.15) is 23.1 Å². The Labute approximate surface area is 150 Å². The van der Waals surface area contributed by atoms with Gasteiger partial charge in [0.1, 0.15) is 11.5 Å². The number of esters is 1.